The monoisotopic (exact) mass is 307 g/mol. The second-order valence-corrected chi connectivity index (χ2v) is 5.76. The molecular weight excluding hydrogens is 282 g/mol. The molecule has 0 heterocycles. The SMILES string of the molecule is COCc1ccc(C(=O)N[C@@H]2CCCC[C@@H](OC)[C@@H]2O)cc1. The molecule has 0 aromatic heterocycles. The number of nitrogens with one attached hydrogen (secondary N) is 1. The third kappa shape index (κ3) is 4.29. The Kier molecular flexibility index (Phi) is 6.36. The van der Waals surface area contributed by atoms with Crippen LogP contribution in [0.3, 0.4) is 0 Å². The summed E-state index contributed by atoms with van der Waals surface area (Å²) in [6.07, 6.45) is 2.72. The molecule has 5 heteroatoms. The Morgan fingerprint density at radius 3 is 2.55 bits per heavy atom. The van der Waals surface area contributed by atoms with Gasteiger partial charge in [0.15, 0.2) is 0 Å². The quantitative estimate of drug-likeness (QED) is 0.815. The fourth-order valence-corrected chi connectivity index (χ4v) is 2.90. The van der Waals surface area contributed by atoms with Gasteiger partial charge in [0, 0.05) is 19.8 Å². The van der Waals surface area contributed by atoms with Crippen LogP contribution in [-0.4, -0.2) is 43.5 Å². The van der Waals surface area contributed by atoms with Crippen molar-refractivity contribution in [2.24, 2.45) is 0 Å². The Hall–Kier alpha value is -1.43. The highest BCUT2D eigenvalue weighted by molar-refractivity contribution is 5.94. The summed E-state index contributed by atoms with van der Waals surface area (Å²) in [5, 5.41) is 13.3. The summed E-state index contributed by atoms with van der Waals surface area (Å²) in [4.78, 5) is 12.3. The van der Waals surface area contributed by atoms with E-state index < -0.39 is 6.10 Å². The molecule has 1 aliphatic carbocycles. The molecule has 122 valence electrons. The predicted molar refractivity (Wildman–Crippen MR) is 83.7 cm³/mol. The van der Waals surface area contributed by atoms with E-state index in [9.17, 15) is 9.90 Å². The first-order valence-electron chi connectivity index (χ1n) is 7.75. The van der Waals surface area contributed by atoms with Gasteiger partial charge in [0.2, 0.25) is 0 Å². The zero-order chi connectivity index (χ0) is 15.9. The van der Waals surface area contributed by atoms with E-state index in [1.165, 1.54) is 0 Å². The Balaban J connectivity index is 2.00. The minimum absolute atomic E-state index is 0.162. The summed E-state index contributed by atoms with van der Waals surface area (Å²) in [6, 6.07) is 7.04. The number of rotatable bonds is 5. The number of hydrogen-bond acceptors (Lipinski definition) is 4. The Labute approximate surface area is 131 Å². The Morgan fingerprint density at radius 2 is 1.91 bits per heavy atom. The van der Waals surface area contributed by atoms with Crippen molar-refractivity contribution in [3.8, 4) is 0 Å². The van der Waals surface area contributed by atoms with Crippen molar-refractivity contribution in [3.63, 3.8) is 0 Å². The molecule has 0 bridgehead atoms. The van der Waals surface area contributed by atoms with Crippen LogP contribution < -0.4 is 5.32 Å². The molecule has 1 aliphatic rings. The van der Waals surface area contributed by atoms with E-state index in [2.05, 4.69) is 5.32 Å². The highest BCUT2D eigenvalue weighted by atomic mass is 16.5. The van der Waals surface area contributed by atoms with Crippen LogP contribution in [0.2, 0.25) is 0 Å². The molecule has 5 nitrogen and oxygen atoms in total. The molecule has 0 aliphatic heterocycles. The van der Waals surface area contributed by atoms with Crippen LogP contribution in [0.5, 0.6) is 0 Å². The average molecular weight is 307 g/mol. The van der Waals surface area contributed by atoms with E-state index in [-0.39, 0.29) is 18.1 Å². The van der Waals surface area contributed by atoms with Crippen LogP contribution in [0.4, 0.5) is 0 Å². The largest absolute Gasteiger partial charge is 0.388 e. The van der Waals surface area contributed by atoms with E-state index in [1.807, 2.05) is 12.1 Å². The second kappa shape index (κ2) is 8.27. The fourth-order valence-electron chi connectivity index (χ4n) is 2.90. The highest BCUT2D eigenvalue weighted by Crippen LogP contribution is 2.21. The summed E-state index contributed by atoms with van der Waals surface area (Å²) in [5.74, 6) is -0.162. The zero-order valence-corrected chi connectivity index (χ0v) is 13.2. The number of aliphatic hydroxyl groups is 1. The first-order chi connectivity index (χ1) is 10.7. The third-order valence-corrected chi connectivity index (χ3v) is 4.19. The molecular formula is C17H25NO4. The molecule has 2 rings (SSSR count). The zero-order valence-electron chi connectivity index (χ0n) is 13.2. The summed E-state index contributed by atoms with van der Waals surface area (Å²) < 4.78 is 10.4. The van der Waals surface area contributed by atoms with Crippen LogP contribution in [0, 0.1) is 0 Å². The summed E-state index contributed by atoms with van der Waals surface area (Å²) in [6.45, 7) is 0.527. The van der Waals surface area contributed by atoms with Crippen molar-refractivity contribution in [2.75, 3.05) is 14.2 Å². The van der Waals surface area contributed by atoms with Crippen LogP contribution >= 0.6 is 0 Å². The standard InChI is InChI=1S/C17H25NO4/c1-21-11-12-7-9-13(10-8-12)17(20)18-14-5-3-4-6-15(22-2)16(14)19/h7-10,14-16,19H,3-6,11H2,1-2H3,(H,18,20)/t14-,15-,16-/m1/s1. The van der Waals surface area contributed by atoms with E-state index >= 15 is 0 Å². The van der Waals surface area contributed by atoms with Gasteiger partial charge in [-0.2, -0.15) is 0 Å². The number of aliphatic hydroxyl groups excluding tert-OH is 1. The van der Waals surface area contributed by atoms with Gasteiger partial charge in [0.25, 0.3) is 5.91 Å². The summed E-state index contributed by atoms with van der Waals surface area (Å²) in [5.41, 5.74) is 1.61. The van der Waals surface area contributed by atoms with Gasteiger partial charge in [-0.05, 0) is 30.5 Å². The maximum absolute atomic E-state index is 12.3. The normalized spacial score (nSPS) is 25.5. The summed E-state index contributed by atoms with van der Waals surface area (Å²) in [7, 11) is 3.24. The maximum Gasteiger partial charge on any atom is 0.251 e. The first kappa shape index (κ1) is 16.9. The Morgan fingerprint density at radius 1 is 1.23 bits per heavy atom. The van der Waals surface area contributed by atoms with Crippen molar-refractivity contribution < 1.29 is 19.4 Å². The molecule has 0 saturated heterocycles. The Bertz CT molecular complexity index is 474. The van der Waals surface area contributed by atoms with Gasteiger partial charge in [-0.15, -0.1) is 0 Å². The van der Waals surface area contributed by atoms with Gasteiger partial charge in [0.05, 0.1) is 18.8 Å². The van der Waals surface area contributed by atoms with Gasteiger partial charge in [-0.3, -0.25) is 4.79 Å². The number of benzene rings is 1. The van der Waals surface area contributed by atoms with Crippen molar-refractivity contribution in [2.45, 2.75) is 50.5 Å². The molecule has 1 amide bonds. The maximum atomic E-state index is 12.3. The molecule has 22 heavy (non-hydrogen) atoms. The lowest BCUT2D eigenvalue weighted by Crippen LogP contribution is -2.48. The highest BCUT2D eigenvalue weighted by Gasteiger charge is 2.31. The van der Waals surface area contributed by atoms with Crippen LogP contribution in [-0.2, 0) is 16.1 Å². The molecule has 1 aromatic rings. The number of carbonyl (C=O) groups excluding carboxylic acids is 1. The summed E-state index contributed by atoms with van der Waals surface area (Å²) >= 11 is 0. The lowest BCUT2D eigenvalue weighted by molar-refractivity contribution is -0.0277. The lowest BCUT2D eigenvalue weighted by atomic mass is 10.0. The first-order valence-corrected chi connectivity index (χ1v) is 7.75. The number of methoxy groups -OCH3 is 2. The molecule has 0 radical (unpaired) electrons. The molecule has 1 fully saturated rings. The molecule has 0 unspecified atom stereocenters. The average Bonchev–Trinajstić information content (AvgIpc) is 2.70. The van der Waals surface area contributed by atoms with E-state index in [4.69, 9.17) is 9.47 Å². The van der Waals surface area contributed by atoms with Crippen molar-refractivity contribution in [1.29, 1.82) is 0 Å². The predicted octanol–water partition coefficient (Wildman–Crippen LogP) is 1.88. The van der Waals surface area contributed by atoms with Gasteiger partial charge in [-0.1, -0.05) is 25.0 Å². The van der Waals surface area contributed by atoms with Crippen LogP contribution in [0.25, 0.3) is 0 Å². The fraction of sp³-hybridized carbons (Fsp3) is 0.588. The molecule has 2 N–H and O–H groups in total. The van der Waals surface area contributed by atoms with E-state index in [0.717, 1.165) is 31.2 Å². The number of hydrogen-bond donors (Lipinski definition) is 2. The van der Waals surface area contributed by atoms with Gasteiger partial charge < -0.3 is 19.9 Å². The van der Waals surface area contributed by atoms with Crippen molar-refractivity contribution >= 4 is 5.91 Å². The third-order valence-electron chi connectivity index (χ3n) is 4.19. The minimum atomic E-state index is -0.663. The number of ether oxygens (including phenoxy) is 2. The topological polar surface area (TPSA) is 67.8 Å². The van der Waals surface area contributed by atoms with E-state index in [1.54, 1.807) is 26.4 Å². The smallest absolute Gasteiger partial charge is 0.251 e. The molecule has 1 saturated carbocycles. The van der Waals surface area contributed by atoms with Crippen LogP contribution in [0.1, 0.15) is 41.6 Å². The number of carbonyl (C=O) groups is 1. The van der Waals surface area contributed by atoms with Crippen molar-refractivity contribution in [3.05, 3.63) is 35.4 Å². The van der Waals surface area contributed by atoms with Crippen LogP contribution in [0.15, 0.2) is 24.3 Å². The number of amides is 1. The van der Waals surface area contributed by atoms with Crippen molar-refractivity contribution in [1.82, 2.24) is 5.32 Å². The minimum Gasteiger partial charge on any atom is -0.388 e. The van der Waals surface area contributed by atoms with Gasteiger partial charge in [-0.25, -0.2) is 0 Å². The second-order valence-electron chi connectivity index (χ2n) is 5.76. The van der Waals surface area contributed by atoms with E-state index in [0.29, 0.717) is 12.2 Å². The van der Waals surface area contributed by atoms with Gasteiger partial charge >= 0.3 is 0 Å². The molecule has 1 aromatic carbocycles. The molecule has 3 atom stereocenters. The molecule has 0 spiro atoms. The van der Waals surface area contributed by atoms with Gasteiger partial charge in [0.1, 0.15) is 6.10 Å². The lowest BCUT2D eigenvalue weighted by Gasteiger charge is -2.27.